The number of aromatic nitrogens is 2. The Balaban J connectivity index is 2.17. The lowest BCUT2D eigenvalue weighted by molar-refractivity contribution is 0.277. The summed E-state index contributed by atoms with van der Waals surface area (Å²) in [4.78, 5) is 6.75. The van der Waals surface area contributed by atoms with Gasteiger partial charge in [-0.05, 0) is 24.6 Å². The number of nitrogens with one attached hydrogen (secondary N) is 2. The zero-order valence-electron chi connectivity index (χ0n) is 10.4. The van der Waals surface area contributed by atoms with E-state index in [-0.39, 0.29) is 17.5 Å². The van der Waals surface area contributed by atoms with Crippen molar-refractivity contribution in [2.45, 2.75) is 24.5 Å². The Morgan fingerprint density at radius 1 is 1.53 bits per heavy atom. The van der Waals surface area contributed by atoms with E-state index in [1.165, 1.54) is 12.3 Å². The van der Waals surface area contributed by atoms with E-state index in [0.29, 0.717) is 5.69 Å². The summed E-state index contributed by atoms with van der Waals surface area (Å²) in [5, 5.41) is 8.92. The Hall–Kier alpha value is -1.70. The van der Waals surface area contributed by atoms with Crippen LogP contribution in [0.2, 0.25) is 0 Å². The van der Waals surface area contributed by atoms with Crippen molar-refractivity contribution in [2.24, 2.45) is 0 Å². The van der Waals surface area contributed by atoms with Crippen LogP contribution in [0.15, 0.2) is 41.7 Å². The molecule has 1 atom stereocenters. The fourth-order valence-electron chi connectivity index (χ4n) is 1.67. The van der Waals surface area contributed by atoms with Crippen LogP contribution in [0.3, 0.4) is 0 Å². The number of aliphatic hydroxyl groups is 1. The highest BCUT2D eigenvalue weighted by Crippen LogP contribution is 2.16. The number of pyridine rings is 1. The fraction of sp³-hybridized carbons (Fsp3) is 0.250. The van der Waals surface area contributed by atoms with Crippen molar-refractivity contribution >= 4 is 10.0 Å². The van der Waals surface area contributed by atoms with E-state index < -0.39 is 10.0 Å². The first kappa shape index (κ1) is 13.7. The fourth-order valence-corrected chi connectivity index (χ4v) is 2.92. The number of aliphatic hydroxyl groups excluding tert-OH is 1. The van der Waals surface area contributed by atoms with Gasteiger partial charge in [-0.2, -0.15) is 0 Å². The van der Waals surface area contributed by atoms with Gasteiger partial charge in [0.25, 0.3) is 0 Å². The highest BCUT2D eigenvalue weighted by molar-refractivity contribution is 7.89. The summed E-state index contributed by atoms with van der Waals surface area (Å²) in [5.74, 6) is 0. The molecule has 0 aliphatic heterocycles. The van der Waals surface area contributed by atoms with Crippen LogP contribution in [-0.2, 0) is 16.6 Å². The Bertz CT molecular complexity index is 637. The zero-order valence-corrected chi connectivity index (χ0v) is 11.2. The molecule has 3 N–H and O–H groups in total. The average Bonchev–Trinajstić information content (AvgIpc) is 2.89. The van der Waals surface area contributed by atoms with Gasteiger partial charge in [-0.1, -0.05) is 6.07 Å². The van der Waals surface area contributed by atoms with Crippen LogP contribution in [0.1, 0.15) is 24.2 Å². The van der Waals surface area contributed by atoms with Crippen molar-refractivity contribution in [1.29, 1.82) is 0 Å². The summed E-state index contributed by atoms with van der Waals surface area (Å²) in [6, 6.07) is 4.57. The summed E-state index contributed by atoms with van der Waals surface area (Å²) in [6.45, 7) is 1.52. The molecule has 0 fully saturated rings. The molecule has 7 heteroatoms. The molecule has 19 heavy (non-hydrogen) atoms. The SMILES string of the molecule is CC(NS(=O)(=O)c1c[nH]c(CO)c1)c1cccnc1. The quantitative estimate of drug-likeness (QED) is 0.760. The third-order valence-corrected chi connectivity index (χ3v) is 4.23. The Morgan fingerprint density at radius 3 is 2.89 bits per heavy atom. The van der Waals surface area contributed by atoms with Gasteiger partial charge in [0.15, 0.2) is 0 Å². The maximum atomic E-state index is 12.1. The van der Waals surface area contributed by atoms with Crippen LogP contribution in [0.4, 0.5) is 0 Å². The summed E-state index contributed by atoms with van der Waals surface area (Å²) < 4.78 is 26.8. The number of hydrogen-bond donors (Lipinski definition) is 3. The maximum Gasteiger partial charge on any atom is 0.242 e. The van der Waals surface area contributed by atoms with Gasteiger partial charge in [-0.3, -0.25) is 4.98 Å². The van der Waals surface area contributed by atoms with Gasteiger partial charge in [0.2, 0.25) is 10.0 Å². The van der Waals surface area contributed by atoms with Crippen molar-refractivity contribution in [3.63, 3.8) is 0 Å². The van der Waals surface area contributed by atoms with Crippen LogP contribution in [-0.4, -0.2) is 23.5 Å². The zero-order chi connectivity index (χ0) is 13.9. The molecular weight excluding hydrogens is 266 g/mol. The summed E-state index contributed by atoms with van der Waals surface area (Å²) in [5.41, 5.74) is 1.23. The largest absolute Gasteiger partial charge is 0.390 e. The molecular formula is C12H15N3O3S. The van der Waals surface area contributed by atoms with Crippen molar-refractivity contribution < 1.29 is 13.5 Å². The minimum Gasteiger partial charge on any atom is -0.390 e. The van der Waals surface area contributed by atoms with Crippen molar-refractivity contribution in [3.8, 4) is 0 Å². The van der Waals surface area contributed by atoms with E-state index in [1.54, 1.807) is 31.5 Å². The van der Waals surface area contributed by atoms with E-state index >= 15 is 0 Å². The molecule has 0 amide bonds. The third-order valence-electron chi connectivity index (χ3n) is 2.71. The van der Waals surface area contributed by atoms with E-state index in [1.807, 2.05) is 0 Å². The predicted octanol–water partition coefficient (Wildman–Crippen LogP) is 0.941. The molecule has 102 valence electrons. The number of hydrogen-bond acceptors (Lipinski definition) is 4. The Labute approximate surface area is 111 Å². The van der Waals surface area contributed by atoms with Gasteiger partial charge in [-0.25, -0.2) is 13.1 Å². The molecule has 0 radical (unpaired) electrons. The van der Waals surface area contributed by atoms with Gasteiger partial charge >= 0.3 is 0 Å². The highest BCUT2D eigenvalue weighted by Gasteiger charge is 2.19. The summed E-state index contributed by atoms with van der Waals surface area (Å²) in [6.07, 6.45) is 4.59. The summed E-state index contributed by atoms with van der Waals surface area (Å²) >= 11 is 0. The second-order valence-corrected chi connectivity index (χ2v) is 5.86. The van der Waals surface area contributed by atoms with E-state index in [0.717, 1.165) is 5.56 Å². The molecule has 2 rings (SSSR count). The Kier molecular flexibility index (Phi) is 3.98. The minimum absolute atomic E-state index is 0.104. The third kappa shape index (κ3) is 3.19. The normalized spacial score (nSPS) is 13.4. The van der Waals surface area contributed by atoms with Gasteiger partial charge < -0.3 is 10.1 Å². The number of aromatic amines is 1. The number of rotatable bonds is 5. The predicted molar refractivity (Wildman–Crippen MR) is 69.7 cm³/mol. The average molecular weight is 281 g/mol. The Morgan fingerprint density at radius 2 is 2.32 bits per heavy atom. The molecule has 0 spiro atoms. The van der Waals surface area contributed by atoms with Crippen LogP contribution in [0.25, 0.3) is 0 Å². The first-order valence-electron chi connectivity index (χ1n) is 5.73. The number of H-pyrrole nitrogens is 1. The molecule has 0 aliphatic rings. The van der Waals surface area contributed by atoms with Gasteiger partial charge in [-0.15, -0.1) is 0 Å². The van der Waals surface area contributed by atoms with Crippen LogP contribution in [0.5, 0.6) is 0 Å². The lowest BCUT2D eigenvalue weighted by atomic mass is 10.2. The molecule has 0 bridgehead atoms. The first-order chi connectivity index (χ1) is 9.03. The maximum absolute atomic E-state index is 12.1. The second kappa shape index (κ2) is 5.52. The smallest absolute Gasteiger partial charge is 0.242 e. The number of nitrogens with zero attached hydrogens (tertiary/aromatic N) is 1. The van der Waals surface area contributed by atoms with Crippen LogP contribution < -0.4 is 4.72 Å². The lowest BCUT2D eigenvalue weighted by Gasteiger charge is -2.13. The monoisotopic (exact) mass is 281 g/mol. The van der Waals surface area contributed by atoms with Gasteiger partial charge in [0, 0.05) is 30.3 Å². The first-order valence-corrected chi connectivity index (χ1v) is 7.21. The van der Waals surface area contributed by atoms with E-state index in [2.05, 4.69) is 14.7 Å². The molecule has 6 nitrogen and oxygen atoms in total. The molecule has 0 aliphatic carbocycles. The standard InChI is InChI=1S/C12H15N3O3S/c1-9(10-3-2-4-13-6-10)15-19(17,18)12-5-11(8-16)14-7-12/h2-7,9,14-16H,8H2,1H3. The molecule has 2 aromatic heterocycles. The molecule has 2 aromatic rings. The molecule has 2 heterocycles. The molecule has 0 aromatic carbocycles. The minimum atomic E-state index is -3.62. The molecule has 0 saturated carbocycles. The van der Waals surface area contributed by atoms with Crippen molar-refractivity contribution in [2.75, 3.05) is 0 Å². The van der Waals surface area contributed by atoms with E-state index in [4.69, 9.17) is 5.11 Å². The second-order valence-electron chi connectivity index (χ2n) is 4.15. The van der Waals surface area contributed by atoms with Gasteiger partial charge in [0.05, 0.1) is 11.5 Å². The van der Waals surface area contributed by atoms with Gasteiger partial charge in [0.1, 0.15) is 0 Å². The van der Waals surface area contributed by atoms with Crippen LogP contribution in [0, 0.1) is 0 Å². The van der Waals surface area contributed by atoms with Crippen LogP contribution >= 0.6 is 0 Å². The molecule has 1 unspecified atom stereocenters. The topological polar surface area (TPSA) is 95.1 Å². The lowest BCUT2D eigenvalue weighted by Crippen LogP contribution is -2.26. The van der Waals surface area contributed by atoms with Crippen molar-refractivity contribution in [3.05, 3.63) is 48.0 Å². The number of sulfonamides is 1. The van der Waals surface area contributed by atoms with Crippen molar-refractivity contribution in [1.82, 2.24) is 14.7 Å². The summed E-state index contributed by atoms with van der Waals surface area (Å²) in [7, 11) is -3.62. The molecule has 0 saturated heterocycles. The van der Waals surface area contributed by atoms with E-state index in [9.17, 15) is 8.42 Å². The highest BCUT2D eigenvalue weighted by atomic mass is 32.2.